The van der Waals surface area contributed by atoms with Crippen molar-refractivity contribution in [3.8, 4) is 17.1 Å². The molecule has 1 aliphatic heterocycles. The van der Waals surface area contributed by atoms with Crippen molar-refractivity contribution < 1.29 is 22.7 Å². The number of carbonyl (C=O) groups excluding carboxylic acids is 1. The minimum atomic E-state index is -4.44. The molecular weight excluding hydrogens is 431 g/mol. The van der Waals surface area contributed by atoms with Crippen molar-refractivity contribution in [1.29, 1.82) is 0 Å². The van der Waals surface area contributed by atoms with Crippen molar-refractivity contribution in [2.75, 3.05) is 6.54 Å². The van der Waals surface area contributed by atoms with Crippen LogP contribution < -0.4 is 4.74 Å². The molecule has 170 valence electrons. The van der Waals surface area contributed by atoms with Gasteiger partial charge < -0.3 is 9.64 Å². The van der Waals surface area contributed by atoms with E-state index in [9.17, 15) is 18.0 Å². The topological polar surface area (TPSA) is 55.3 Å². The van der Waals surface area contributed by atoms with Gasteiger partial charge in [0.25, 0.3) is 5.91 Å². The summed E-state index contributed by atoms with van der Waals surface area (Å²) < 4.78 is 44.3. The lowest BCUT2D eigenvalue weighted by molar-refractivity contribution is -0.137. The monoisotopic (exact) mass is 453 g/mol. The Balaban J connectivity index is 1.37. The molecule has 2 fully saturated rings. The zero-order valence-electron chi connectivity index (χ0n) is 17.9. The van der Waals surface area contributed by atoms with E-state index in [1.165, 1.54) is 6.07 Å². The number of nitrogens with zero attached hydrogens (tertiary/aromatic N) is 3. The fourth-order valence-electron chi connectivity index (χ4n) is 4.90. The number of carbonyl (C=O) groups is 1. The van der Waals surface area contributed by atoms with Gasteiger partial charge in [0, 0.05) is 36.1 Å². The van der Waals surface area contributed by atoms with Crippen LogP contribution in [-0.4, -0.2) is 39.5 Å². The van der Waals surface area contributed by atoms with E-state index >= 15 is 0 Å². The van der Waals surface area contributed by atoms with Gasteiger partial charge in [0.1, 0.15) is 6.10 Å². The summed E-state index contributed by atoms with van der Waals surface area (Å²) in [6, 6.07) is 13.3. The number of alkyl halides is 3. The molecule has 1 saturated carbocycles. The average Bonchev–Trinajstić information content (AvgIpc) is 3.39. The van der Waals surface area contributed by atoms with Crippen LogP contribution in [0.5, 0.6) is 5.88 Å². The van der Waals surface area contributed by atoms with Crippen molar-refractivity contribution in [2.24, 2.45) is 5.92 Å². The molecule has 1 saturated heterocycles. The number of amides is 1. The van der Waals surface area contributed by atoms with E-state index in [-0.39, 0.29) is 23.9 Å². The zero-order valence-corrected chi connectivity index (χ0v) is 17.9. The summed E-state index contributed by atoms with van der Waals surface area (Å²) in [4.78, 5) is 23.7. The molecule has 3 heterocycles. The van der Waals surface area contributed by atoms with E-state index in [0.29, 0.717) is 18.0 Å². The molecule has 8 heteroatoms. The van der Waals surface area contributed by atoms with Crippen LogP contribution in [0.25, 0.3) is 11.3 Å². The Hall–Kier alpha value is -3.42. The number of aromatic nitrogens is 2. The van der Waals surface area contributed by atoms with Gasteiger partial charge in [-0.05, 0) is 49.4 Å². The Bertz CT molecular complexity index is 1180. The highest BCUT2D eigenvalue weighted by Gasteiger charge is 2.48. The highest BCUT2D eigenvalue weighted by Crippen LogP contribution is 2.41. The van der Waals surface area contributed by atoms with Gasteiger partial charge in [-0.2, -0.15) is 13.2 Å². The lowest BCUT2D eigenvalue weighted by Crippen LogP contribution is -2.47. The van der Waals surface area contributed by atoms with E-state index in [0.717, 1.165) is 41.9 Å². The van der Waals surface area contributed by atoms with Crippen molar-refractivity contribution in [1.82, 2.24) is 14.9 Å². The predicted octanol–water partition coefficient (Wildman–Crippen LogP) is 5.15. The predicted molar refractivity (Wildman–Crippen MR) is 116 cm³/mol. The van der Waals surface area contributed by atoms with E-state index < -0.39 is 11.7 Å². The molecule has 3 unspecified atom stereocenters. The van der Waals surface area contributed by atoms with Gasteiger partial charge in [0.2, 0.25) is 5.88 Å². The second kappa shape index (κ2) is 8.17. The molecule has 0 radical (unpaired) electrons. The minimum Gasteiger partial charge on any atom is -0.472 e. The van der Waals surface area contributed by atoms with Gasteiger partial charge in [-0.15, -0.1) is 0 Å². The number of aryl methyl sites for hydroxylation is 1. The van der Waals surface area contributed by atoms with E-state index in [1.807, 2.05) is 48.2 Å². The quantitative estimate of drug-likeness (QED) is 0.548. The van der Waals surface area contributed by atoms with E-state index in [4.69, 9.17) is 4.74 Å². The Morgan fingerprint density at radius 2 is 1.88 bits per heavy atom. The lowest BCUT2D eigenvalue weighted by atomic mass is 9.98. The number of rotatable bonds is 4. The van der Waals surface area contributed by atoms with E-state index in [1.54, 1.807) is 6.20 Å². The highest BCUT2D eigenvalue weighted by molar-refractivity contribution is 6.01. The van der Waals surface area contributed by atoms with Crippen LogP contribution in [0.1, 0.15) is 34.3 Å². The minimum absolute atomic E-state index is 0.0863. The van der Waals surface area contributed by atoms with Gasteiger partial charge in [0.15, 0.2) is 0 Å². The normalized spacial score (nSPS) is 21.9. The Labute approximate surface area is 189 Å². The number of hydrogen-bond acceptors (Lipinski definition) is 4. The number of pyridine rings is 2. The smallest absolute Gasteiger partial charge is 0.417 e. The first-order valence-electron chi connectivity index (χ1n) is 10.8. The molecule has 3 aromatic rings. The number of halogens is 3. The van der Waals surface area contributed by atoms with Crippen molar-refractivity contribution >= 4 is 5.91 Å². The second-order valence-electron chi connectivity index (χ2n) is 8.62. The van der Waals surface area contributed by atoms with Crippen LogP contribution in [0.15, 0.2) is 60.9 Å². The Morgan fingerprint density at radius 1 is 1.06 bits per heavy atom. The molecule has 0 N–H and O–H groups in total. The van der Waals surface area contributed by atoms with Crippen LogP contribution >= 0.6 is 0 Å². The lowest BCUT2D eigenvalue weighted by Gasteiger charge is -2.33. The highest BCUT2D eigenvalue weighted by atomic mass is 19.4. The molecule has 5 nitrogen and oxygen atoms in total. The maximum atomic E-state index is 13.6. The molecule has 33 heavy (non-hydrogen) atoms. The fraction of sp³-hybridized carbons (Fsp3) is 0.320. The summed E-state index contributed by atoms with van der Waals surface area (Å²) in [5.74, 6) is 0.344. The number of likely N-dealkylation sites (tertiary alicyclic amines) is 1. The molecule has 2 aromatic heterocycles. The largest absolute Gasteiger partial charge is 0.472 e. The first kappa shape index (κ1) is 21.4. The number of hydrogen-bond donors (Lipinski definition) is 0. The maximum Gasteiger partial charge on any atom is 0.417 e. The van der Waals surface area contributed by atoms with Crippen LogP contribution in [-0.2, 0) is 6.18 Å². The molecule has 0 spiro atoms. The second-order valence-corrected chi connectivity index (χ2v) is 8.62. The maximum absolute atomic E-state index is 13.6. The summed E-state index contributed by atoms with van der Waals surface area (Å²) in [5.41, 5.74) is 2.30. The molecule has 1 aromatic carbocycles. The zero-order chi connectivity index (χ0) is 23.2. The van der Waals surface area contributed by atoms with Gasteiger partial charge in [0.05, 0.1) is 17.3 Å². The molecule has 2 bridgehead atoms. The summed E-state index contributed by atoms with van der Waals surface area (Å²) >= 11 is 0. The SMILES string of the molecule is Cc1cccnc1-c1ccccc1C(=O)N1CC2CC(Oc3ccc(C(F)(F)F)cn3)C1C2. The Morgan fingerprint density at radius 3 is 2.58 bits per heavy atom. The molecular formula is C25H22F3N3O2. The number of benzene rings is 1. The van der Waals surface area contributed by atoms with E-state index in [2.05, 4.69) is 9.97 Å². The summed E-state index contributed by atoms with van der Waals surface area (Å²) in [5, 5.41) is 0. The van der Waals surface area contributed by atoms with Crippen LogP contribution in [0, 0.1) is 12.8 Å². The summed E-state index contributed by atoms with van der Waals surface area (Å²) in [6.45, 7) is 2.60. The standard InChI is InChI=1S/C25H22F3N3O2/c1-15-5-4-10-29-23(15)18-6-2-3-7-19(18)24(32)31-14-16-11-20(31)21(12-16)33-22-9-8-17(13-30-22)25(26,27)28/h2-10,13,16,20-21H,11-12,14H2,1H3. The third-order valence-corrected chi connectivity index (χ3v) is 6.44. The van der Waals surface area contributed by atoms with Crippen LogP contribution in [0.3, 0.4) is 0 Å². The molecule has 5 rings (SSSR count). The Kier molecular flexibility index (Phi) is 5.31. The van der Waals surface area contributed by atoms with Gasteiger partial charge in [-0.25, -0.2) is 4.98 Å². The third-order valence-electron chi connectivity index (χ3n) is 6.44. The molecule has 3 atom stereocenters. The van der Waals surface area contributed by atoms with Gasteiger partial charge in [-0.1, -0.05) is 24.3 Å². The van der Waals surface area contributed by atoms with Crippen molar-refractivity contribution in [3.05, 3.63) is 77.6 Å². The number of fused-ring (bicyclic) bond motifs is 2. The first-order valence-corrected chi connectivity index (χ1v) is 10.8. The average molecular weight is 453 g/mol. The molecule has 2 aliphatic rings. The number of ether oxygens (including phenoxy) is 1. The first-order chi connectivity index (χ1) is 15.8. The number of piperidine rings is 1. The molecule has 1 aliphatic carbocycles. The fourth-order valence-corrected chi connectivity index (χ4v) is 4.90. The van der Waals surface area contributed by atoms with Crippen LogP contribution in [0.4, 0.5) is 13.2 Å². The van der Waals surface area contributed by atoms with Crippen molar-refractivity contribution in [2.45, 2.75) is 38.1 Å². The summed E-state index contributed by atoms with van der Waals surface area (Å²) in [6.07, 6.45) is -0.708. The van der Waals surface area contributed by atoms with Gasteiger partial charge in [-0.3, -0.25) is 9.78 Å². The molecule has 1 amide bonds. The van der Waals surface area contributed by atoms with Crippen LogP contribution in [0.2, 0.25) is 0 Å². The van der Waals surface area contributed by atoms with Gasteiger partial charge >= 0.3 is 6.18 Å². The van der Waals surface area contributed by atoms with Crippen molar-refractivity contribution in [3.63, 3.8) is 0 Å². The summed E-state index contributed by atoms with van der Waals surface area (Å²) in [7, 11) is 0. The third kappa shape index (κ3) is 4.05.